The van der Waals surface area contributed by atoms with Gasteiger partial charge in [0.1, 0.15) is 0 Å². The number of nitrogens with zero attached hydrogens (tertiary/aromatic N) is 1. The van der Waals surface area contributed by atoms with Gasteiger partial charge >= 0.3 is 5.97 Å². The number of carbonyl (C=O) groups is 1. The first-order chi connectivity index (χ1) is 7.92. The van der Waals surface area contributed by atoms with E-state index >= 15 is 0 Å². The van der Waals surface area contributed by atoms with Crippen LogP contribution in [0.2, 0.25) is 5.02 Å². The molecular formula is C10H10ClNO4S. The third-order valence-electron chi connectivity index (χ3n) is 2.57. The molecule has 1 aromatic carbocycles. The van der Waals surface area contributed by atoms with E-state index in [4.69, 9.17) is 16.7 Å². The Hall–Kier alpha value is -1.27. The molecule has 0 aliphatic carbocycles. The van der Waals surface area contributed by atoms with Gasteiger partial charge in [-0.05, 0) is 24.6 Å². The zero-order valence-electron chi connectivity index (χ0n) is 8.76. The van der Waals surface area contributed by atoms with E-state index in [9.17, 15) is 13.2 Å². The molecule has 0 unspecified atom stereocenters. The van der Waals surface area contributed by atoms with Gasteiger partial charge in [0.05, 0.1) is 22.0 Å². The van der Waals surface area contributed by atoms with Crippen LogP contribution in [0.15, 0.2) is 18.2 Å². The maximum absolute atomic E-state index is 11.7. The van der Waals surface area contributed by atoms with Crippen molar-refractivity contribution >= 4 is 33.3 Å². The van der Waals surface area contributed by atoms with E-state index in [1.54, 1.807) is 0 Å². The maximum atomic E-state index is 11.7. The van der Waals surface area contributed by atoms with Crippen molar-refractivity contribution in [2.24, 2.45) is 0 Å². The average molecular weight is 276 g/mol. The number of hydrogen-bond acceptors (Lipinski definition) is 3. The van der Waals surface area contributed by atoms with E-state index in [2.05, 4.69) is 0 Å². The van der Waals surface area contributed by atoms with Crippen LogP contribution in [0.25, 0.3) is 0 Å². The highest BCUT2D eigenvalue weighted by Gasteiger charge is 2.29. The SMILES string of the molecule is O=C(O)c1cc(N2CCCS2(=O)=O)ccc1Cl. The summed E-state index contributed by atoms with van der Waals surface area (Å²) in [7, 11) is -3.30. The molecule has 1 aromatic rings. The lowest BCUT2D eigenvalue weighted by molar-refractivity contribution is 0.0697. The Labute approximate surface area is 104 Å². The number of halogens is 1. The fraction of sp³-hybridized carbons (Fsp3) is 0.300. The lowest BCUT2D eigenvalue weighted by Gasteiger charge is -2.17. The number of anilines is 1. The summed E-state index contributed by atoms with van der Waals surface area (Å²) >= 11 is 5.72. The topological polar surface area (TPSA) is 74.7 Å². The standard InChI is InChI=1S/C10H10ClNO4S/c11-9-3-2-7(6-8(9)10(13)14)12-4-1-5-17(12,15)16/h2-3,6H,1,4-5H2,(H,13,14). The molecule has 1 aliphatic heterocycles. The van der Waals surface area contributed by atoms with Gasteiger partial charge in [0, 0.05) is 6.54 Å². The van der Waals surface area contributed by atoms with Gasteiger partial charge in [0.15, 0.2) is 0 Å². The van der Waals surface area contributed by atoms with Gasteiger partial charge in [-0.1, -0.05) is 11.6 Å². The molecule has 0 aromatic heterocycles. The molecule has 7 heteroatoms. The molecule has 0 radical (unpaired) electrons. The van der Waals surface area contributed by atoms with Crippen molar-refractivity contribution in [2.45, 2.75) is 6.42 Å². The minimum Gasteiger partial charge on any atom is -0.478 e. The Kier molecular flexibility index (Phi) is 3.01. The van der Waals surface area contributed by atoms with Gasteiger partial charge in [0.2, 0.25) is 10.0 Å². The van der Waals surface area contributed by atoms with Crippen molar-refractivity contribution in [3.63, 3.8) is 0 Å². The molecular weight excluding hydrogens is 266 g/mol. The Bertz CT molecular complexity index is 570. The van der Waals surface area contributed by atoms with Crippen LogP contribution in [0.3, 0.4) is 0 Å². The molecule has 0 amide bonds. The van der Waals surface area contributed by atoms with Crippen LogP contribution in [0.4, 0.5) is 5.69 Å². The number of rotatable bonds is 2. The van der Waals surface area contributed by atoms with Crippen LogP contribution in [0.5, 0.6) is 0 Å². The highest BCUT2D eigenvalue weighted by atomic mass is 35.5. The average Bonchev–Trinajstić information content (AvgIpc) is 2.58. The fourth-order valence-electron chi connectivity index (χ4n) is 1.76. The van der Waals surface area contributed by atoms with Crippen LogP contribution in [-0.2, 0) is 10.0 Å². The van der Waals surface area contributed by atoms with Crippen molar-refractivity contribution in [3.05, 3.63) is 28.8 Å². The van der Waals surface area contributed by atoms with Crippen molar-refractivity contribution in [1.29, 1.82) is 0 Å². The zero-order valence-corrected chi connectivity index (χ0v) is 10.3. The molecule has 1 N–H and O–H groups in total. The normalized spacial score (nSPS) is 18.3. The van der Waals surface area contributed by atoms with E-state index in [-0.39, 0.29) is 16.3 Å². The number of hydrogen-bond donors (Lipinski definition) is 1. The zero-order chi connectivity index (χ0) is 12.6. The second-order valence-electron chi connectivity index (χ2n) is 3.71. The number of carboxylic acid groups (broad SMARTS) is 1. The minimum atomic E-state index is -3.30. The molecule has 0 spiro atoms. The molecule has 1 heterocycles. The summed E-state index contributed by atoms with van der Waals surface area (Å²) in [6.45, 7) is 0.378. The predicted molar refractivity (Wildman–Crippen MR) is 64.2 cm³/mol. The summed E-state index contributed by atoms with van der Waals surface area (Å²) < 4.78 is 24.6. The fourth-order valence-corrected chi connectivity index (χ4v) is 3.52. The van der Waals surface area contributed by atoms with Crippen LogP contribution in [0, 0.1) is 0 Å². The first kappa shape index (κ1) is 12.2. The van der Waals surface area contributed by atoms with Gasteiger partial charge in [-0.25, -0.2) is 13.2 Å². The van der Waals surface area contributed by atoms with Gasteiger partial charge in [0.25, 0.3) is 0 Å². The number of sulfonamides is 1. The quantitative estimate of drug-likeness (QED) is 0.889. The number of aromatic carboxylic acids is 1. The minimum absolute atomic E-state index is 0.0914. The van der Waals surface area contributed by atoms with Gasteiger partial charge in [-0.3, -0.25) is 4.31 Å². The second-order valence-corrected chi connectivity index (χ2v) is 6.13. The molecule has 0 saturated carbocycles. The Balaban J connectivity index is 2.47. The van der Waals surface area contributed by atoms with E-state index in [1.807, 2.05) is 0 Å². The van der Waals surface area contributed by atoms with Crippen molar-refractivity contribution in [2.75, 3.05) is 16.6 Å². The number of benzene rings is 1. The summed E-state index contributed by atoms with van der Waals surface area (Å²) in [4.78, 5) is 10.9. The third-order valence-corrected chi connectivity index (χ3v) is 4.77. The van der Waals surface area contributed by atoms with Crippen LogP contribution in [-0.4, -0.2) is 31.8 Å². The lowest BCUT2D eigenvalue weighted by atomic mass is 10.2. The Morgan fingerprint density at radius 3 is 2.65 bits per heavy atom. The van der Waals surface area contributed by atoms with Crippen LogP contribution in [0.1, 0.15) is 16.8 Å². The first-order valence-electron chi connectivity index (χ1n) is 4.95. The summed E-state index contributed by atoms with van der Waals surface area (Å²) in [5, 5.41) is 9.01. The van der Waals surface area contributed by atoms with Crippen LogP contribution >= 0.6 is 11.6 Å². The monoisotopic (exact) mass is 275 g/mol. The van der Waals surface area contributed by atoms with E-state index in [1.165, 1.54) is 22.5 Å². The molecule has 0 atom stereocenters. The summed E-state index contributed by atoms with van der Waals surface area (Å²) in [6, 6.07) is 4.19. The predicted octanol–water partition coefficient (Wildman–Crippen LogP) is 1.58. The smallest absolute Gasteiger partial charge is 0.337 e. The largest absolute Gasteiger partial charge is 0.478 e. The Morgan fingerprint density at radius 2 is 2.12 bits per heavy atom. The van der Waals surface area contributed by atoms with Gasteiger partial charge < -0.3 is 5.11 Å². The molecule has 5 nitrogen and oxygen atoms in total. The van der Waals surface area contributed by atoms with Gasteiger partial charge in [-0.15, -0.1) is 0 Å². The van der Waals surface area contributed by atoms with E-state index < -0.39 is 16.0 Å². The second kappa shape index (κ2) is 4.19. The van der Waals surface area contributed by atoms with E-state index in [0.717, 1.165) is 0 Å². The highest BCUT2D eigenvalue weighted by Crippen LogP contribution is 2.28. The molecule has 1 saturated heterocycles. The molecule has 2 rings (SSSR count). The molecule has 1 fully saturated rings. The van der Waals surface area contributed by atoms with Crippen LogP contribution < -0.4 is 4.31 Å². The third kappa shape index (κ3) is 2.23. The van der Waals surface area contributed by atoms with Crippen molar-refractivity contribution in [1.82, 2.24) is 0 Å². The van der Waals surface area contributed by atoms with Crippen molar-refractivity contribution < 1.29 is 18.3 Å². The molecule has 17 heavy (non-hydrogen) atoms. The highest BCUT2D eigenvalue weighted by molar-refractivity contribution is 7.93. The van der Waals surface area contributed by atoms with E-state index in [0.29, 0.717) is 18.7 Å². The molecule has 0 bridgehead atoms. The number of carboxylic acids is 1. The maximum Gasteiger partial charge on any atom is 0.337 e. The molecule has 1 aliphatic rings. The summed E-state index contributed by atoms with van der Waals surface area (Å²) in [5.74, 6) is -1.08. The lowest BCUT2D eigenvalue weighted by Crippen LogP contribution is -2.25. The van der Waals surface area contributed by atoms with Crippen molar-refractivity contribution in [3.8, 4) is 0 Å². The summed E-state index contributed by atoms with van der Waals surface area (Å²) in [5.41, 5.74) is 0.260. The Morgan fingerprint density at radius 1 is 1.41 bits per heavy atom. The van der Waals surface area contributed by atoms with Gasteiger partial charge in [-0.2, -0.15) is 0 Å². The summed E-state index contributed by atoms with van der Waals surface area (Å²) in [6.07, 6.45) is 0.549. The molecule has 92 valence electrons. The first-order valence-corrected chi connectivity index (χ1v) is 6.94.